The highest BCUT2D eigenvalue weighted by Gasteiger charge is 2.24. The van der Waals surface area contributed by atoms with Crippen molar-refractivity contribution in [3.05, 3.63) is 59.7 Å². The largest absolute Gasteiger partial charge is 0.426 e. The number of nitrogens with zero attached hydrogens (tertiary/aromatic N) is 1. The van der Waals surface area contributed by atoms with Crippen molar-refractivity contribution in [1.82, 2.24) is 4.90 Å². The lowest BCUT2D eigenvalue weighted by molar-refractivity contribution is -0.142. The molecule has 1 aliphatic heterocycles. The van der Waals surface area contributed by atoms with Crippen LogP contribution in [0.5, 0.6) is 11.5 Å². The summed E-state index contributed by atoms with van der Waals surface area (Å²) in [5.41, 5.74) is 1.04. The van der Waals surface area contributed by atoms with E-state index in [0.29, 0.717) is 23.0 Å². The van der Waals surface area contributed by atoms with Crippen LogP contribution >= 0.6 is 0 Å². The third-order valence-corrected chi connectivity index (χ3v) is 5.50. The summed E-state index contributed by atoms with van der Waals surface area (Å²) in [4.78, 5) is 27.1. The van der Waals surface area contributed by atoms with Gasteiger partial charge in [0.2, 0.25) is 0 Å². The van der Waals surface area contributed by atoms with Gasteiger partial charge in [0.25, 0.3) is 0 Å². The molecule has 0 aliphatic carbocycles. The first kappa shape index (κ1) is 23.0. The lowest BCUT2D eigenvalue weighted by atomic mass is 9.90. The first-order chi connectivity index (χ1) is 14.8. The molecule has 1 aliphatic rings. The molecule has 0 N–H and O–H groups in total. The topological polar surface area (TPSA) is 55.8 Å². The molecule has 1 atom stereocenters. The second-order valence-corrected chi connectivity index (χ2v) is 9.27. The van der Waals surface area contributed by atoms with Gasteiger partial charge in [0.15, 0.2) is 0 Å². The number of carbonyl (C=O) groups is 2. The molecule has 0 saturated carbocycles. The Labute approximate surface area is 185 Å². The van der Waals surface area contributed by atoms with Crippen LogP contribution in [0.2, 0.25) is 0 Å². The molecule has 1 fully saturated rings. The smallest absolute Gasteiger partial charge is 0.343 e. The Balaban J connectivity index is 1.63. The molecule has 0 bridgehead atoms. The van der Waals surface area contributed by atoms with Crippen molar-refractivity contribution in [2.75, 3.05) is 19.6 Å². The minimum atomic E-state index is -0.589. The van der Waals surface area contributed by atoms with Crippen molar-refractivity contribution in [2.24, 2.45) is 5.41 Å². The van der Waals surface area contributed by atoms with E-state index in [2.05, 4.69) is 17.9 Å². The highest BCUT2D eigenvalue weighted by Crippen LogP contribution is 2.29. The van der Waals surface area contributed by atoms with Gasteiger partial charge in [0, 0.05) is 6.54 Å². The summed E-state index contributed by atoms with van der Waals surface area (Å²) in [6, 6.07) is 14.3. The van der Waals surface area contributed by atoms with E-state index in [1.807, 2.05) is 18.2 Å². The Morgan fingerprint density at radius 3 is 2.45 bits per heavy atom. The monoisotopic (exact) mass is 423 g/mol. The molecule has 0 amide bonds. The Morgan fingerprint density at radius 1 is 1.03 bits per heavy atom. The summed E-state index contributed by atoms with van der Waals surface area (Å²) in [5, 5.41) is 0. The molecule has 166 valence electrons. The SMILES string of the molecule is CCCN1CCCC(c2cccc(OC(=O)c3ccc(OC(=O)C(C)(C)C)cc3)c2)C1. The van der Waals surface area contributed by atoms with E-state index in [4.69, 9.17) is 9.47 Å². The van der Waals surface area contributed by atoms with Crippen LogP contribution in [0.1, 0.15) is 68.8 Å². The summed E-state index contributed by atoms with van der Waals surface area (Å²) >= 11 is 0. The normalized spacial score (nSPS) is 17.2. The van der Waals surface area contributed by atoms with Crippen molar-refractivity contribution in [3.63, 3.8) is 0 Å². The summed E-state index contributed by atoms with van der Waals surface area (Å²) in [6.45, 7) is 11.0. The quantitative estimate of drug-likeness (QED) is 0.457. The zero-order valence-corrected chi connectivity index (χ0v) is 19.0. The van der Waals surface area contributed by atoms with Gasteiger partial charge in [-0.15, -0.1) is 0 Å². The van der Waals surface area contributed by atoms with Crippen molar-refractivity contribution in [3.8, 4) is 11.5 Å². The van der Waals surface area contributed by atoms with Crippen molar-refractivity contribution in [2.45, 2.75) is 52.9 Å². The second-order valence-electron chi connectivity index (χ2n) is 9.27. The van der Waals surface area contributed by atoms with E-state index >= 15 is 0 Å². The van der Waals surface area contributed by atoms with Gasteiger partial charge in [0.1, 0.15) is 11.5 Å². The standard InChI is InChI=1S/C26H33NO4/c1-5-15-27-16-7-9-21(18-27)20-8-6-10-23(17-20)30-24(28)19-11-13-22(14-12-19)31-25(29)26(2,3)4/h6,8,10-14,17,21H,5,7,9,15-16,18H2,1-4H3. The van der Waals surface area contributed by atoms with Crippen molar-refractivity contribution >= 4 is 11.9 Å². The number of piperidine rings is 1. The fourth-order valence-electron chi connectivity index (χ4n) is 3.76. The summed E-state index contributed by atoms with van der Waals surface area (Å²) in [6.07, 6.45) is 3.52. The Morgan fingerprint density at radius 2 is 1.77 bits per heavy atom. The molecule has 5 nitrogen and oxygen atoms in total. The van der Waals surface area contributed by atoms with E-state index in [-0.39, 0.29) is 5.97 Å². The third kappa shape index (κ3) is 6.41. The molecule has 0 spiro atoms. The fraction of sp³-hybridized carbons (Fsp3) is 0.462. The predicted molar refractivity (Wildman–Crippen MR) is 122 cm³/mol. The first-order valence-electron chi connectivity index (χ1n) is 11.1. The number of esters is 2. The van der Waals surface area contributed by atoms with Gasteiger partial charge in [0.05, 0.1) is 11.0 Å². The van der Waals surface area contributed by atoms with E-state index in [1.54, 1.807) is 45.0 Å². The first-order valence-corrected chi connectivity index (χ1v) is 11.1. The Bertz CT molecular complexity index is 896. The van der Waals surface area contributed by atoms with Crippen LogP contribution in [0, 0.1) is 5.41 Å². The number of benzene rings is 2. The minimum Gasteiger partial charge on any atom is -0.426 e. The van der Waals surface area contributed by atoms with Gasteiger partial charge < -0.3 is 14.4 Å². The zero-order chi connectivity index (χ0) is 22.4. The van der Waals surface area contributed by atoms with Crippen LogP contribution in [0.3, 0.4) is 0 Å². The maximum absolute atomic E-state index is 12.6. The summed E-state index contributed by atoms with van der Waals surface area (Å²) in [7, 11) is 0. The van der Waals surface area contributed by atoms with E-state index in [0.717, 1.165) is 19.5 Å². The maximum Gasteiger partial charge on any atom is 0.343 e. The molecule has 0 radical (unpaired) electrons. The highest BCUT2D eigenvalue weighted by atomic mass is 16.5. The maximum atomic E-state index is 12.6. The highest BCUT2D eigenvalue weighted by molar-refractivity contribution is 5.91. The van der Waals surface area contributed by atoms with Crippen LogP contribution in [-0.4, -0.2) is 36.5 Å². The third-order valence-electron chi connectivity index (χ3n) is 5.50. The summed E-state index contributed by atoms with van der Waals surface area (Å²) < 4.78 is 11.0. The number of likely N-dealkylation sites (tertiary alicyclic amines) is 1. The van der Waals surface area contributed by atoms with Crippen LogP contribution in [0.15, 0.2) is 48.5 Å². The molecule has 1 heterocycles. The molecule has 2 aromatic carbocycles. The van der Waals surface area contributed by atoms with Gasteiger partial charge in [-0.2, -0.15) is 0 Å². The van der Waals surface area contributed by atoms with Crippen LogP contribution in [0.25, 0.3) is 0 Å². The van der Waals surface area contributed by atoms with Crippen LogP contribution in [0.4, 0.5) is 0 Å². The molecule has 2 aromatic rings. The molecular weight excluding hydrogens is 390 g/mol. The van der Waals surface area contributed by atoms with Crippen molar-refractivity contribution < 1.29 is 19.1 Å². The van der Waals surface area contributed by atoms with Gasteiger partial charge in [-0.25, -0.2) is 4.79 Å². The zero-order valence-electron chi connectivity index (χ0n) is 19.0. The second kappa shape index (κ2) is 10.1. The Hall–Kier alpha value is -2.66. The van der Waals surface area contributed by atoms with Crippen molar-refractivity contribution in [1.29, 1.82) is 0 Å². The number of rotatable bonds is 6. The van der Waals surface area contributed by atoms with Gasteiger partial charge in [-0.3, -0.25) is 4.79 Å². The van der Waals surface area contributed by atoms with Crippen LogP contribution in [-0.2, 0) is 4.79 Å². The lowest BCUT2D eigenvalue weighted by Gasteiger charge is -2.32. The van der Waals surface area contributed by atoms with E-state index in [9.17, 15) is 9.59 Å². The van der Waals surface area contributed by atoms with Gasteiger partial charge in [-0.05, 0) is 101 Å². The minimum absolute atomic E-state index is 0.320. The average Bonchev–Trinajstić information content (AvgIpc) is 2.74. The van der Waals surface area contributed by atoms with Gasteiger partial charge in [-0.1, -0.05) is 19.1 Å². The number of hydrogen-bond donors (Lipinski definition) is 0. The number of hydrogen-bond acceptors (Lipinski definition) is 5. The van der Waals surface area contributed by atoms with E-state index < -0.39 is 11.4 Å². The molecular formula is C26H33NO4. The fourth-order valence-corrected chi connectivity index (χ4v) is 3.76. The molecule has 5 heteroatoms. The molecule has 3 rings (SSSR count). The number of carbonyl (C=O) groups excluding carboxylic acids is 2. The average molecular weight is 424 g/mol. The van der Waals surface area contributed by atoms with E-state index in [1.165, 1.54) is 24.9 Å². The Kier molecular flexibility index (Phi) is 7.50. The van der Waals surface area contributed by atoms with Gasteiger partial charge >= 0.3 is 11.9 Å². The molecule has 1 unspecified atom stereocenters. The van der Waals surface area contributed by atoms with Crippen LogP contribution < -0.4 is 9.47 Å². The predicted octanol–water partition coefficient (Wildman–Crippen LogP) is 5.45. The molecule has 31 heavy (non-hydrogen) atoms. The molecule has 0 aromatic heterocycles. The lowest BCUT2D eigenvalue weighted by Crippen LogP contribution is -2.34. The number of ether oxygens (including phenoxy) is 2. The molecule has 1 saturated heterocycles. The summed E-state index contributed by atoms with van der Waals surface area (Å²) in [5.74, 6) is 0.684.